The summed E-state index contributed by atoms with van der Waals surface area (Å²) in [6.45, 7) is 2.23. The minimum atomic E-state index is 0.241. The number of rotatable bonds is 6. The first-order valence-electron chi connectivity index (χ1n) is 7.95. The summed E-state index contributed by atoms with van der Waals surface area (Å²) in [7, 11) is 0. The van der Waals surface area contributed by atoms with Crippen LogP contribution in [0.4, 0.5) is 0 Å². The van der Waals surface area contributed by atoms with Crippen molar-refractivity contribution in [2.75, 3.05) is 0 Å². The van der Waals surface area contributed by atoms with Crippen LogP contribution in [0, 0.1) is 0 Å². The van der Waals surface area contributed by atoms with Gasteiger partial charge in [0.15, 0.2) is 0 Å². The summed E-state index contributed by atoms with van der Waals surface area (Å²) in [4.78, 5) is 10.3. The van der Waals surface area contributed by atoms with Gasteiger partial charge in [-0.15, -0.1) is 0 Å². The van der Waals surface area contributed by atoms with Crippen molar-refractivity contribution < 1.29 is 4.84 Å². The molecule has 1 atom stereocenters. The second-order valence-corrected chi connectivity index (χ2v) is 5.71. The third-order valence-electron chi connectivity index (χ3n) is 4.01. The minimum absolute atomic E-state index is 0.241. The van der Waals surface area contributed by atoms with Gasteiger partial charge in [0.25, 0.3) is 0 Å². The zero-order valence-corrected chi connectivity index (χ0v) is 12.6. The molecule has 21 heavy (non-hydrogen) atoms. The Hall–Kier alpha value is -1.90. The number of oxime groups is 1. The Morgan fingerprint density at radius 3 is 2.90 bits per heavy atom. The van der Waals surface area contributed by atoms with Crippen molar-refractivity contribution in [3.05, 3.63) is 42.1 Å². The van der Waals surface area contributed by atoms with E-state index in [0.717, 1.165) is 35.2 Å². The summed E-state index contributed by atoms with van der Waals surface area (Å²) >= 11 is 0. The number of pyridine rings is 1. The van der Waals surface area contributed by atoms with Gasteiger partial charge in [-0.3, -0.25) is 0 Å². The Balaban J connectivity index is 1.62. The average Bonchev–Trinajstić information content (AvgIpc) is 3.00. The second kappa shape index (κ2) is 6.70. The molecule has 1 aromatic heterocycles. The quantitative estimate of drug-likeness (QED) is 0.720. The fourth-order valence-electron chi connectivity index (χ4n) is 2.76. The van der Waals surface area contributed by atoms with E-state index in [1.807, 2.05) is 24.3 Å². The van der Waals surface area contributed by atoms with E-state index < -0.39 is 0 Å². The van der Waals surface area contributed by atoms with Gasteiger partial charge in [0.1, 0.15) is 11.8 Å². The molecule has 3 nitrogen and oxygen atoms in total. The smallest absolute Gasteiger partial charge is 0.133 e. The van der Waals surface area contributed by atoms with Crippen molar-refractivity contribution in [2.45, 2.75) is 51.6 Å². The second-order valence-electron chi connectivity index (χ2n) is 5.71. The van der Waals surface area contributed by atoms with Crippen LogP contribution in [0.3, 0.4) is 0 Å². The monoisotopic (exact) mass is 282 g/mol. The van der Waals surface area contributed by atoms with E-state index in [9.17, 15) is 0 Å². The molecule has 0 saturated carbocycles. The first-order chi connectivity index (χ1) is 10.4. The number of nitrogens with zero attached hydrogens (tertiary/aromatic N) is 2. The highest BCUT2D eigenvalue weighted by Gasteiger charge is 2.22. The molecule has 0 spiro atoms. The molecule has 110 valence electrons. The molecule has 3 heteroatoms. The van der Waals surface area contributed by atoms with Gasteiger partial charge in [0, 0.05) is 11.8 Å². The largest absolute Gasteiger partial charge is 0.392 e. The van der Waals surface area contributed by atoms with Crippen LogP contribution in [-0.4, -0.2) is 16.8 Å². The van der Waals surface area contributed by atoms with Gasteiger partial charge in [-0.05, 0) is 25.0 Å². The molecule has 0 saturated heterocycles. The summed E-state index contributed by atoms with van der Waals surface area (Å²) < 4.78 is 0. The summed E-state index contributed by atoms with van der Waals surface area (Å²) in [6.07, 6.45) is 7.33. The third kappa shape index (κ3) is 3.41. The molecule has 0 fully saturated rings. The van der Waals surface area contributed by atoms with Crippen LogP contribution in [0.15, 0.2) is 41.6 Å². The van der Waals surface area contributed by atoms with Crippen LogP contribution in [0.25, 0.3) is 10.9 Å². The van der Waals surface area contributed by atoms with Crippen LogP contribution in [0.1, 0.15) is 51.1 Å². The van der Waals surface area contributed by atoms with Gasteiger partial charge in [-0.2, -0.15) is 0 Å². The van der Waals surface area contributed by atoms with Gasteiger partial charge in [-0.1, -0.05) is 55.6 Å². The van der Waals surface area contributed by atoms with Crippen LogP contribution in [0.5, 0.6) is 0 Å². The first-order valence-corrected chi connectivity index (χ1v) is 7.95. The normalized spacial score (nSPS) is 17.8. The fraction of sp³-hybridized carbons (Fsp3) is 0.444. The maximum absolute atomic E-state index is 5.56. The first kappa shape index (κ1) is 14.1. The van der Waals surface area contributed by atoms with Gasteiger partial charge >= 0.3 is 0 Å². The number of hydrogen-bond acceptors (Lipinski definition) is 3. The van der Waals surface area contributed by atoms with Crippen molar-refractivity contribution in [3.63, 3.8) is 0 Å². The molecule has 1 unspecified atom stereocenters. The van der Waals surface area contributed by atoms with Gasteiger partial charge in [-0.25, -0.2) is 4.98 Å². The summed E-state index contributed by atoms with van der Waals surface area (Å²) in [5.74, 6) is 0. The van der Waals surface area contributed by atoms with E-state index in [2.05, 4.69) is 24.2 Å². The van der Waals surface area contributed by atoms with E-state index >= 15 is 0 Å². The van der Waals surface area contributed by atoms with Crippen LogP contribution >= 0.6 is 0 Å². The predicted octanol–water partition coefficient (Wildman–Crippen LogP) is 4.70. The average molecular weight is 282 g/mol. The maximum Gasteiger partial charge on any atom is 0.133 e. The molecule has 0 bridgehead atoms. The van der Waals surface area contributed by atoms with Crippen molar-refractivity contribution in [2.24, 2.45) is 5.16 Å². The van der Waals surface area contributed by atoms with Crippen LogP contribution in [0.2, 0.25) is 0 Å². The molecule has 1 aliphatic rings. The van der Waals surface area contributed by atoms with Crippen LogP contribution < -0.4 is 0 Å². The zero-order valence-electron chi connectivity index (χ0n) is 12.6. The Bertz CT molecular complexity index is 636. The van der Waals surface area contributed by atoms with Gasteiger partial charge < -0.3 is 4.84 Å². The van der Waals surface area contributed by atoms with Crippen molar-refractivity contribution >= 4 is 16.6 Å². The third-order valence-corrected chi connectivity index (χ3v) is 4.01. The topological polar surface area (TPSA) is 34.5 Å². The molecule has 1 aliphatic heterocycles. The van der Waals surface area contributed by atoms with Crippen LogP contribution in [-0.2, 0) is 4.84 Å². The van der Waals surface area contributed by atoms with E-state index in [-0.39, 0.29) is 6.10 Å². The number of fused-ring (bicyclic) bond motifs is 1. The molecule has 2 heterocycles. The SMILES string of the molecule is CCCCCCC1CC(c2ccc3ccccc3n2)=NO1. The lowest BCUT2D eigenvalue weighted by Crippen LogP contribution is -2.09. The summed E-state index contributed by atoms with van der Waals surface area (Å²) in [5.41, 5.74) is 2.95. The lowest BCUT2D eigenvalue weighted by Gasteiger charge is -2.07. The highest BCUT2D eigenvalue weighted by molar-refractivity contribution is 6.01. The lowest BCUT2D eigenvalue weighted by atomic mass is 10.0. The lowest BCUT2D eigenvalue weighted by molar-refractivity contribution is 0.0770. The van der Waals surface area contributed by atoms with E-state index in [1.165, 1.54) is 25.7 Å². The number of hydrogen-bond donors (Lipinski definition) is 0. The molecule has 0 aliphatic carbocycles. The summed E-state index contributed by atoms with van der Waals surface area (Å²) in [6, 6.07) is 12.3. The van der Waals surface area contributed by atoms with Crippen molar-refractivity contribution in [3.8, 4) is 0 Å². The highest BCUT2D eigenvalue weighted by atomic mass is 16.6. The maximum atomic E-state index is 5.56. The molecule has 2 aromatic rings. The van der Waals surface area contributed by atoms with E-state index in [0.29, 0.717) is 0 Å². The Labute approximate surface area is 126 Å². The zero-order chi connectivity index (χ0) is 14.5. The van der Waals surface area contributed by atoms with E-state index in [1.54, 1.807) is 0 Å². The number of para-hydroxylation sites is 1. The highest BCUT2D eigenvalue weighted by Crippen LogP contribution is 2.21. The predicted molar refractivity (Wildman–Crippen MR) is 86.5 cm³/mol. The Morgan fingerprint density at radius 2 is 2.00 bits per heavy atom. The standard InChI is InChI=1S/C18H22N2O/c1-2-3-4-5-9-15-13-18(20-21-15)17-12-11-14-8-6-7-10-16(14)19-17/h6-8,10-12,15H,2-5,9,13H2,1H3. The Morgan fingerprint density at radius 1 is 1.10 bits per heavy atom. The Kier molecular flexibility index (Phi) is 4.49. The molecule has 1 aromatic carbocycles. The number of aromatic nitrogens is 1. The number of unbranched alkanes of at least 4 members (excludes halogenated alkanes) is 3. The van der Waals surface area contributed by atoms with Gasteiger partial charge in [0.2, 0.25) is 0 Å². The van der Waals surface area contributed by atoms with E-state index in [4.69, 9.17) is 9.82 Å². The molecule has 0 N–H and O–H groups in total. The molecule has 0 amide bonds. The minimum Gasteiger partial charge on any atom is -0.392 e. The molecule has 0 radical (unpaired) electrons. The van der Waals surface area contributed by atoms with Crippen molar-refractivity contribution in [1.29, 1.82) is 0 Å². The number of benzene rings is 1. The fourth-order valence-corrected chi connectivity index (χ4v) is 2.76. The van der Waals surface area contributed by atoms with Crippen molar-refractivity contribution in [1.82, 2.24) is 4.98 Å². The summed E-state index contributed by atoms with van der Waals surface area (Å²) in [5, 5.41) is 5.41. The van der Waals surface area contributed by atoms with Gasteiger partial charge in [0.05, 0.1) is 11.2 Å². The molecular weight excluding hydrogens is 260 g/mol. The molecular formula is C18H22N2O. The molecule has 3 rings (SSSR count).